The van der Waals surface area contributed by atoms with Crippen molar-refractivity contribution in [1.82, 2.24) is 10.2 Å². The summed E-state index contributed by atoms with van der Waals surface area (Å²) in [5, 5.41) is 3.76. The average molecular weight is 323 g/mol. The van der Waals surface area contributed by atoms with Crippen LogP contribution >= 0.6 is 15.9 Å². The second-order valence-electron chi connectivity index (χ2n) is 6.09. The molecule has 0 saturated heterocycles. The van der Waals surface area contributed by atoms with Gasteiger partial charge in [-0.2, -0.15) is 0 Å². The monoisotopic (exact) mass is 322 g/mol. The lowest BCUT2D eigenvalue weighted by Crippen LogP contribution is -2.40. The molecule has 1 fully saturated rings. The molecule has 0 spiro atoms. The third-order valence-corrected chi connectivity index (χ3v) is 5.15. The van der Waals surface area contributed by atoms with E-state index >= 15 is 0 Å². The molecule has 0 bridgehead atoms. The molecule has 2 atom stereocenters. The first-order valence-corrected chi connectivity index (χ1v) is 8.18. The lowest BCUT2D eigenvalue weighted by atomic mass is 10.1. The van der Waals surface area contributed by atoms with Crippen molar-refractivity contribution >= 4 is 15.9 Å². The lowest BCUT2D eigenvalue weighted by molar-refractivity contribution is 0.235. The van der Waals surface area contributed by atoms with Gasteiger partial charge in [0.2, 0.25) is 0 Å². The Morgan fingerprint density at radius 2 is 2.16 bits per heavy atom. The fraction of sp³-hybridized carbons (Fsp3) is 0.625. The van der Waals surface area contributed by atoms with Crippen LogP contribution in [0.25, 0.3) is 0 Å². The third kappa shape index (κ3) is 3.04. The molecule has 1 N–H and O–H groups in total. The Kier molecular flexibility index (Phi) is 3.97. The van der Waals surface area contributed by atoms with Gasteiger partial charge in [0.25, 0.3) is 0 Å². The van der Waals surface area contributed by atoms with Crippen molar-refractivity contribution in [2.45, 2.75) is 50.7 Å². The van der Waals surface area contributed by atoms with Crippen molar-refractivity contribution in [2.24, 2.45) is 0 Å². The molecule has 1 aromatic rings. The predicted molar refractivity (Wildman–Crippen MR) is 83.5 cm³/mol. The second-order valence-corrected chi connectivity index (χ2v) is 7.00. The summed E-state index contributed by atoms with van der Waals surface area (Å²) >= 11 is 3.56. The number of fused-ring (bicyclic) bond motifs is 1. The smallest absolute Gasteiger partial charge is 0.0326 e. The highest BCUT2D eigenvalue weighted by atomic mass is 79.9. The highest BCUT2D eigenvalue weighted by Gasteiger charge is 2.29. The van der Waals surface area contributed by atoms with Crippen LogP contribution in [0.15, 0.2) is 22.7 Å². The molecular weight excluding hydrogens is 300 g/mol. The Hall–Kier alpha value is -0.380. The van der Waals surface area contributed by atoms with Crippen molar-refractivity contribution in [2.75, 3.05) is 13.6 Å². The molecule has 2 nitrogen and oxygen atoms in total. The van der Waals surface area contributed by atoms with Crippen LogP contribution in [0, 0.1) is 0 Å². The van der Waals surface area contributed by atoms with Crippen LogP contribution in [0.4, 0.5) is 0 Å². The lowest BCUT2D eigenvalue weighted by Gasteiger charge is -2.26. The number of hydrogen-bond acceptors (Lipinski definition) is 2. The zero-order valence-electron chi connectivity index (χ0n) is 11.8. The molecule has 0 amide bonds. The third-order valence-electron chi connectivity index (χ3n) is 4.66. The van der Waals surface area contributed by atoms with Crippen molar-refractivity contribution < 1.29 is 0 Å². The summed E-state index contributed by atoms with van der Waals surface area (Å²) in [4.78, 5) is 2.53. The summed E-state index contributed by atoms with van der Waals surface area (Å²) in [7, 11) is 2.27. The fourth-order valence-corrected chi connectivity index (χ4v) is 3.51. The predicted octanol–water partition coefficient (Wildman–Crippen LogP) is 3.51. The summed E-state index contributed by atoms with van der Waals surface area (Å²) in [6.07, 6.45) is 5.23. The van der Waals surface area contributed by atoms with Crippen LogP contribution in [-0.4, -0.2) is 30.6 Å². The topological polar surface area (TPSA) is 15.3 Å². The molecular formula is C16H23BrN2. The summed E-state index contributed by atoms with van der Waals surface area (Å²) in [6.45, 7) is 3.43. The summed E-state index contributed by atoms with van der Waals surface area (Å²) < 4.78 is 1.20. The minimum absolute atomic E-state index is 0.554. The highest BCUT2D eigenvalue weighted by Crippen LogP contribution is 2.33. The zero-order chi connectivity index (χ0) is 13.4. The largest absolute Gasteiger partial charge is 0.308 e. The Bertz CT molecular complexity index is 456. The molecule has 0 aliphatic heterocycles. The van der Waals surface area contributed by atoms with E-state index in [9.17, 15) is 0 Å². The van der Waals surface area contributed by atoms with Crippen molar-refractivity contribution in [3.8, 4) is 0 Å². The molecule has 0 radical (unpaired) electrons. The van der Waals surface area contributed by atoms with Gasteiger partial charge in [-0.3, -0.25) is 4.90 Å². The van der Waals surface area contributed by atoms with Gasteiger partial charge in [-0.1, -0.05) is 22.0 Å². The van der Waals surface area contributed by atoms with Gasteiger partial charge in [0.05, 0.1) is 0 Å². The van der Waals surface area contributed by atoms with Gasteiger partial charge in [-0.15, -0.1) is 0 Å². The molecule has 2 aliphatic rings. The number of nitrogens with zero attached hydrogens (tertiary/aromatic N) is 1. The van der Waals surface area contributed by atoms with E-state index < -0.39 is 0 Å². The Balaban J connectivity index is 1.57. The van der Waals surface area contributed by atoms with E-state index in [1.807, 2.05) is 0 Å². The first-order valence-electron chi connectivity index (χ1n) is 7.39. The number of hydrogen-bond donors (Lipinski definition) is 1. The number of aryl methyl sites for hydroxylation is 1. The van der Waals surface area contributed by atoms with E-state index in [-0.39, 0.29) is 0 Å². The number of likely N-dealkylation sites (N-methyl/N-ethyl adjacent to an activating group) is 1. The van der Waals surface area contributed by atoms with E-state index in [4.69, 9.17) is 0 Å². The minimum Gasteiger partial charge on any atom is -0.308 e. The Labute approximate surface area is 124 Å². The normalized spacial score (nSPS) is 23.7. The SMILES string of the molecule is CC(CNC1CCc2cc(Br)ccc21)N(C)C1CC1. The van der Waals surface area contributed by atoms with Gasteiger partial charge >= 0.3 is 0 Å². The maximum Gasteiger partial charge on any atom is 0.0326 e. The van der Waals surface area contributed by atoms with E-state index in [1.165, 1.54) is 41.3 Å². The van der Waals surface area contributed by atoms with E-state index in [1.54, 1.807) is 0 Å². The second kappa shape index (κ2) is 5.55. The first-order chi connectivity index (χ1) is 9.15. The minimum atomic E-state index is 0.554. The van der Waals surface area contributed by atoms with Crippen LogP contribution in [0.1, 0.15) is 43.4 Å². The van der Waals surface area contributed by atoms with Crippen molar-refractivity contribution in [3.63, 3.8) is 0 Å². The van der Waals surface area contributed by atoms with Gasteiger partial charge < -0.3 is 5.32 Å². The Morgan fingerprint density at radius 1 is 1.37 bits per heavy atom. The molecule has 19 heavy (non-hydrogen) atoms. The van der Waals surface area contributed by atoms with E-state index in [2.05, 4.69) is 58.3 Å². The van der Waals surface area contributed by atoms with Crippen LogP contribution in [0.2, 0.25) is 0 Å². The summed E-state index contributed by atoms with van der Waals surface area (Å²) in [6, 6.07) is 8.75. The average Bonchev–Trinajstić information content (AvgIpc) is 3.17. The fourth-order valence-electron chi connectivity index (χ4n) is 3.10. The van der Waals surface area contributed by atoms with Crippen molar-refractivity contribution in [3.05, 3.63) is 33.8 Å². The molecule has 0 heterocycles. The number of benzene rings is 1. The number of nitrogens with one attached hydrogen (secondary N) is 1. The molecule has 1 saturated carbocycles. The zero-order valence-corrected chi connectivity index (χ0v) is 13.4. The van der Waals surface area contributed by atoms with Crippen LogP contribution in [0.5, 0.6) is 0 Å². The standard InChI is InChI=1S/C16H23BrN2/c1-11(19(2)14-5-6-14)10-18-16-8-3-12-9-13(17)4-7-15(12)16/h4,7,9,11,14,16,18H,3,5-6,8,10H2,1-2H3. The molecule has 3 heteroatoms. The van der Waals surface area contributed by atoms with Gasteiger partial charge in [-0.25, -0.2) is 0 Å². The van der Waals surface area contributed by atoms with Gasteiger partial charge in [0.1, 0.15) is 0 Å². The number of halogens is 1. The summed E-state index contributed by atoms with van der Waals surface area (Å²) in [5.41, 5.74) is 3.01. The van der Waals surface area contributed by atoms with Gasteiger partial charge in [0.15, 0.2) is 0 Å². The van der Waals surface area contributed by atoms with Gasteiger partial charge in [0, 0.05) is 29.1 Å². The van der Waals surface area contributed by atoms with Crippen LogP contribution in [0.3, 0.4) is 0 Å². The first kappa shape index (κ1) is 13.6. The highest BCUT2D eigenvalue weighted by molar-refractivity contribution is 9.10. The Morgan fingerprint density at radius 3 is 2.89 bits per heavy atom. The van der Waals surface area contributed by atoms with Crippen LogP contribution < -0.4 is 5.32 Å². The quantitative estimate of drug-likeness (QED) is 0.892. The van der Waals surface area contributed by atoms with Crippen molar-refractivity contribution in [1.29, 1.82) is 0 Å². The molecule has 104 valence electrons. The van der Waals surface area contributed by atoms with E-state index in [0.717, 1.165) is 12.6 Å². The molecule has 2 aliphatic carbocycles. The maximum absolute atomic E-state index is 3.76. The molecule has 3 rings (SSSR count). The van der Waals surface area contributed by atoms with Crippen LogP contribution in [-0.2, 0) is 6.42 Å². The summed E-state index contributed by atoms with van der Waals surface area (Å²) in [5.74, 6) is 0. The molecule has 0 aromatic heterocycles. The molecule has 1 aromatic carbocycles. The maximum atomic E-state index is 3.76. The van der Waals surface area contributed by atoms with E-state index in [0.29, 0.717) is 12.1 Å². The number of rotatable bonds is 5. The van der Waals surface area contributed by atoms with Gasteiger partial charge in [-0.05, 0) is 62.9 Å². The molecule has 2 unspecified atom stereocenters.